The number of hydrogen-bond acceptors (Lipinski definition) is 2. The third-order valence-corrected chi connectivity index (χ3v) is 3.90. The molecule has 0 radical (unpaired) electrons. The molecule has 0 bridgehead atoms. The third-order valence-electron chi connectivity index (χ3n) is 3.90. The third kappa shape index (κ3) is 3.35. The lowest BCUT2D eigenvalue weighted by Gasteiger charge is -2.27. The summed E-state index contributed by atoms with van der Waals surface area (Å²) in [5.74, 6) is -0.592. The van der Waals surface area contributed by atoms with Gasteiger partial charge < -0.3 is 10.0 Å². The molecule has 1 unspecified atom stereocenters. The Hall–Kier alpha value is -1.98. The Morgan fingerprint density at radius 2 is 1.78 bits per heavy atom. The van der Waals surface area contributed by atoms with Crippen molar-refractivity contribution in [2.24, 2.45) is 5.92 Å². The fourth-order valence-corrected chi connectivity index (χ4v) is 2.90. The highest BCUT2D eigenvalue weighted by molar-refractivity contribution is 6.05. The quantitative estimate of drug-likeness (QED) is 0.898. The highest BCUT2D eigenvalue weighted by Gasteiger charge is 2.39. The number of aliphatic hydroxyl groups is 1. The lowest BCUT2D eigenvalue weighted by atomic mass is 9.96. The SMILES string of the molecule is CCC1C(c2ccc(C(F)(F)F)cc2)=C(O)C(=O)N1CC(C)C. The molecule has 1 N–H and O–H groups in total. The minimum absolute atomic E-state index is 0.229. The molecule has 0 saturated carbocycles. The second-order valence-corrected chi connectivity index (χ2v) is 6.11. The number of halogens is 3. The number of rotatable bonds is 4. The van der Waals surface area contributed by atoms with Crippen LogP contribution in [-0.2, 0) is 11.0 Å². The van der Waals surface area contributed by atoms with Gasteiger partial charge in [-0.3, -0.25) is 4.79 Å². The molecule has 3 nitrogen and oxygen atoms in total. The van der Waals surface area contributed by atoms with Crippen molar-refractivity contribution >= 4 is 11.5 Å². The van der Waals surface area contributed by atoms with E-state index in [1.54, 1.807) is 4.90 Å². The molecule has 1 aliphatic rings. The van der Waals surface area contributed by atoms with Gasteiger partial charge in [0.15, 0.2) is 5.76 Å². The topological polar surface area (TPSA) is 40.5 Å². The van der Waals surface area contributed by atoms with Gasteiger partial charge in [-0.2, -0.15) is 13.2 Å². The van der Waals surface area contributed by atoms with Crippen LogP contribution >= 0.6 is 0 Å². The van der Waals surface area contributed by atoms with Gasteiger partial charge in [-0.05, 0) is 30.0 Å². The van der Waals surface area contributed by atoms with E-state index in [4.69, 9.17) is 0 Å². The first-order valence-corrected chi connectivity index (χ1v) is 7.58. The summed E-state index contributed by atoms with van der Waals surface area (Å²) in [4.78, 5) is 13.8. The molecule has 0 aliphatic carbocycles. The zero-order valence-electron chi connectivity index (χ0n) is 13.3. The van der Waals surface area contributed by atoms with E-state index in [1.165, 1.54) is 12.1 Å². The van der Waals surface area contributed by atoms with Crippen molar-refractivity contribution in [2.45, 2.75) is 39.4 Å². The van der Waals surface area contributed by atoms with E-state index in [0.29, 0.717) is 24.1 Å². The van der Waals surface area contributed by atoms with Gasteiger partial charge in [0.1, 0.15) is 0 Å². The molecule has 0 spiro atoms. The van der Waals surface area contributed by atoms with Crippen molar-refractivity contribution in [1.82, 2.24) is 4.90 Å². The monoisotopic (exact) mass is 327 g/mol. The molecule has 0 saturated heterocycles. The Bertz CT molecular complexity index is 618. The number of benzene rings is 1. The molecular formula is C17H20F3NO2. The van der Waals surface area contributed by atoms with Crippen LogP contribution in [0.3, 0.4) is 0 Å². The van der Waals surface area contributed by atoms with Crippen molar-refractivity contribution in [2.75, 3.05) is 6.54 Å². The summed E-state index contributed by atoms with van der Waals surface area (Å²) in [5, 5.41) is 10.2. The van der Waals surface area contributed by atoms with E-state index in [0.717, 1.165) is 12.1 Å². The molecule has 23 heavy (non-hydrogen) atoms. The Morgan fingerprint density at radius 1 is 1.22 bits per heavy atom. The summed E-state index contributed by atoms with van der Waals surface area (Å²) in [6, 6.07) is 4.24. The van der Waals surface area contributed by atoms with Crippen molar-refractivity contribution in [3.8, 4) is 0 Å². The van der Waals surface area contributed by atoms with Crippen LogP contribution in [0.2, 0.25) is 0 Å². The number of nitrogens with zero attached hydrogens (tertiary/aromatic N) is 1. The van der Waals surface area contributed by atoms with E-state index in [2.05, 4.69) is 0 Å². The summed E-state index contributed by atoms with van der Waals surface area (Å²) < 4.78 is 38.0. The summed E-state index contributed by atoms with van der Waals surface area (Å²) in [7, 11) is 0. The Morgan fingerprint density at radius 3 is 2.22 bits per heavy atom. The largest absolute Gasteiger partial charge is 0.503 e. The fraction of sp³-hybridized carbons (Fsp3) is 0.471. The van der Waals surface area contributed by atoms with Crippen molar-refractivity contribution < 1.29 is 23.1 Å². The van der Waals surface area contributed by atoms with Gasteiger partial charge in [-0.15, -0.1) is 0 Å². The molecule has 0 aromatic heterocycles. The smallest absolute Gasteiger partial charge is 0.416 e. The van der Waals surface area contributed by atoms with Gasteiger partial charge in [0.05, 0.1) is 11.6 Å². The lowest BCUT2D eigenvalue weighted by molar-refractivity contribution is -0.137. The maximum Gasteiger partial charge on any atom is 0.416 e. The van der Waals surface area contributed by atoms with Crippen molar-refractivity contribution in [3.05, 3.63) is 41.2 Å². The van der Waals surface area contributed by atoms with Crippen LogP contribution in [-0.4, -0.2) is 28.5 Å². The highest BCUT2D eigenvalue weighted by atomic mass is 19.4. The molecule has 1 aliphatic heterocycles. The molecule has 0 fully saturated rings. The van der Waals surface area contributed by atoms with E-state index < -0.39 is 17.6 Å². The summed E-state index contributed by atoms with van der Waals surface area (Å²) in [6.07, 6.45) is -3.83. The molecule has 6 heteroatoms. The second kappa shape index (κ2) is 6.26. The highest BCUT2D eigenvalue weighted by Crippen LogP contribution is 2.36. The zero-order chi connectivity index (χ0) is 17.4. The molecule has 126 valence electrons. The Labute approximate surface area is 133 Å². The first-order chi connectivity index (χ1) is 10.7. The maximum absolute atomic E-state index is 12.7. The molecule has 2 rings (SSSR count). The van der Waals surface area contributed by atoms with Crippen LogP contribution in [0.5, 0.6) is 0 Å². The van der Waals surface area contributed by atoms with Gasteiger partial charge in [0.25, 0.3) is 5.91 Å². The van der Waals surface area contributed by atoms with Crippen molar-refractivity contribution in [3.63, 3.8) is 0 Å². The van der Waals surface area contributed by atoms with Crippen LogP contribution in [0.25, 0.3) is 5.57 Å². The summed E-state index contributed by atoms with van der Waals surface area (Å²) in [5.41, 5.74) is 0.103. The van der Waals surface area contributed by atoms with Crippen LogP contribution in [0.1, 0.15) is 38.3 Å². The number of aliphatic hydroxyl groups excluding tert-OH is 1. The van der Waals surface area contributed by atoms with E-state index >= 15 is 0 Å². The number of amides is 1. The summed E-state index contributed by atoms with van der Waals surface area (Å²) >= 11 is 0. The predicted molar refractivity (Wildman–Crippen MR) is 81.6 cm³/mol. The molecular weight excluding hydrogens is 307 g/mol. The average Bonchev–Trinajstić information content (AvgIpc) is 2.70. The number of hydrogen-bond donors (Lipinski definition) is 1. The molecule has 1 atom stereocenters. The van der Waals surface area contributed by atoms with Gasteiger partial charge in [-0.1, -0.05) is 32.9 Å². The molecule has 1 aromatic rings. The van der Waals surface area contributed by atoms with Crippen LogP contribution < -0.4 is 0 Å². The maximum atomic E-state index is 12.7. The first kappa shape index (κ1) is 17.4. The van der Waals surface area contributed by atoms with Gasteiger partial charge in [0, 0.05) is 12.1 Å². The minimum Gasteiger partial charge on any atom is -0.503 e. The average molecular weight is 327 g/mol. The lowest BCUT2D eigenvalue weighted by Crippen LogP contribution is -2.37. The Balaban J connectivity index is 2.39. The summed E-state index contributed by atoms with van der Waals surface area (Å²) in [6.45, 7) is 6.31. The standard InChI is InChI=1S/C17H20F3NO2/c1-4-13-14(15(22)16(23)21(13)9-10(2)3)11-5-7-12(8-6-11)17(18,19)20/h5-8,10,13,22H,4,9H2,1-3H3. The van der Waals surface area contributed by atoms with E-state index in [-0.39, 0.29) is 17.7 Å². The number of carbonyl (C=O) groups excluding carboxylic acids is 1. The van der Waals surface area contributed by atoms with E-state index in [1.807, 2.05) is 20.8 Å². The van der Waals surface area contributed by atoms with Gasteiger partial charge in [-0.25, -0.2) is 0 Å². The molecule has 1 heterocycles. The number of carbonyl (C=O) groups is 1. The predicted octanol–water partition coefficient (Wildman–Crippen LogP) is 4.25. The van der Waals surface area contributed by atoms with Gasteiger partial charge >= 0.3 is 6.18 Å². The van der Waals surface area contributed by atoms with Crippen LogP contribution in [0, 0.1) is 5.92 Å². The normalized spacial score (nSPS) is 19.2. The zero-order valence-corrected chi connectivity index (χ0v) is 13.3. The van der Waals surface area contributed by atoms with Crippen LogP contribution in [0.4, 0.5) is 13.2 Å². The second-order valence-electron chi connectivity index (χ2n) is 6.11. The minimum atomic E-state index is -4.41. The number of alkyl halides is 3. The van der Waals surface area contributed by atoms with Crippen LogP contribution in [0.15, 0.2) is 30.0 Å². The van der Waals surface area contributed by atoms with E-state index in [9.17, 15) is 23.1 Å². The fourth-order valence-electron chi connectivity index (χ4n) is 2.90. The van der Waals surface area contributed by atoms with Crippen molar-refractivity contribution in [1.29, 1.82) is 0 Å². The molecule has 1 aromatic carbocycles. The first-order valence-electron chi connectivity index (χ1n) is 7.58. The van der Waals surface area contributed by atoms with Gasteiger partial charge in [0.2, 0.25) is 0 Å². The Kier molecular flexibility index (Phi) is 4.73. The molecule has 1 amide bonds.